The van der Waals surface area contributed by atoms with Crippen molar-refractivity contribution < 1.29 is 0 Å². The van der Waals surface area contributed by atoms with Gasteiger partial charge in [-0.25, -0.2) is 0 Å². The van der Waals surface area contributed by atoms with Crippen molar-refractivity contribution >= 4 is 0 Å². The van der Waals surface area contributed by atoms with Gasteiger partial charge in [-0.05, 0) is 57.2 Å². The highest BCUT2D eigenvalue weighted by Gasteiger charge is 2.23. The molecule has 0 aromatic heterocycles. The molecular weight excluding hydrogens is 218 g/mol. The number of unbranched alkanes of at least 4 members (excludes halogenated alkanes) is 2. The summed E-state index contributed by atoms with van der Waals surface area (Å²) in [6, 6.07) is 0. The van der Waals surface area contributed by atoms with Crippen LogP contribution >= 0.6 is 0 Å². The summed E-state index contributed by atoms with van der Waals surface area (Å²) in [5.41, 5.74) is 0.612. The van der Waals surface area contributed by atoms with Gasteiger partial charge in [-0.2, -0.15) is 0 Å². The predicted octanol–water partition coefficient (Wildman–Crippen LogP) is 5.25. The molecular formula is C17H35N. The topological polar surface area (TPSA) is 3.24 Å². The molecule has 1 unspecified atom stereocenters. The standard InChI is InChI=1S/C17H35N/c1-4-6-8-12-17(3,11-5-2)13-16-18-14-9-7-10-15-18/h4-16H2,1-3H3. The third kappa shape index (κ3) is 6.22. The molecule has 108 valence electrons. The van der Waals surface area contributed by atoms with Gasteiger partial charge in [-0.3, -0.25) is 0 Å². The smallest absolute Gasteiger partial charge is 0.00135 e. The molecule has 1 aliphatic heterocycles. The highest BCUT2D eigenvalue weighted by atomic mass is 15.1. The van der Waals surface area contributed by atoms with Gasteiger partial charge in [0.05, 0.1) is 0 Å². The van der Waals surface area contributed by atoms with Gasteiger partial charge in [-0.15, -0.1) is 0 Å². The Balaban J connectivity index is 2.30. The second kappa shape index (κ2) is 8.96. The van der Waals surface area contributed by atoms with E-state index in [1.54, 1.807) is 0 Å². The average molecular weight is 253 g/mol. The Morgan fingerprint density at radius 3 is 2.17 bits per heavy atom. The van der Waals surface area contributed by atoms with Gasteiger partial charge in [0.25, 0.3) is 0 Å². The van der Waals surface area contributed by atoms with E-state index in [1.165, 1.54) is 83.8 Å². The normalized spacial score (nSPS) is 20.8. The molecule has 0 radical (unpaired) electrons. The van der Waals surface area contributed by atoms with Crippen LogP contribution in [-0.2, 0) is 0 Å². The minimum atomic E-state index is 0.612. The quantitative estimate of drug-likeness (QED) is 0.507. The van der Waals surface area contributed by atoms with Crippen LogP contribution in [0.1, 0.15) is 85.0 Å². The monoisotopic (exact) mass is 253 g/mol. The largest absolute Gasteiger partial charge is 0.303 e. The molecule has 1 heteroatoms. The molecule has 1 aliphatic rings. The number of hydrogen-bond donors (Lipinski definition) is 0. The molecule has 18 heavy (non-hydrogen) atoms. The third-order valence-corrected chi connectivity index (χ3v) is 4.72. The van der Waals surface area contributed by atoms with E-state index < -0.39 is 0 Å². The average Bonchev–Trinajstić information content (AvgIpc) is 2.39. The number of piperidine rings is 1. The van der Waals surface area contributed by atoms with Crippen molar-refractivity contribution in [1.29, 1.82) is 0 Å². The SMILES string of the molecule is CCCCCC(C)(CCC)CCN1CCCCC1. The summed E-state index contributed by atoms with van der Waals surface area (Å²) in [5, 5.41) is 0. The molecule has 0 saturated carbocycles. The molecule has 1 rings (SSSR count). The minimum absolute atomic E-state index is 0.612. The van der Waals surface area contributed by atoms with E-state index in [2.05, 4.69) is 25.7 Å². The van der Waals surface area contributed by atoms with E-state index in [0.717, 1.165) is 0 Å². The summed E-state index contributed by atoms with van der Waals surface area (Å²) in [6.07, 6.45) is 14.2. The molecule has 0 spiro atoms. The van der Waals surface area contributed by atoms with Crippen LogP contribution in [0.15, 0.2) is 0 Å². The van der Waals surface area contributed by atoms with Crippen molar-refractivity contribution in [3.8, 4) is 0 Å². The van der Waals surface area contributed by atoms with Gasteiger partial charge >= 0.3 is 0 Å². The first-order valence-electron chi connectivity index (χ1n) is 8.42. The molecule has 1 atom stereocenters. The van der Waals surface area contributed by atoms with E-state index in [4.69, 9.17) is 0 Å². The Kier molecular flexibility index (Phi) is 7.97. The summed E-state index contributed by atoms with van der Waals surface area (Å²) < 4.78 is 0. The lowest BCUT2D eigenvalue weighted by Gasteiger charge is -2.34. The summed E-state index contributed by atoms with van der Waals surface area (Å²) in [5.74, 6) is 0. The lowest BCUT2D eigenvalue weighted by atomic mass is 9.77. The molecule has 1 saturated heterocycles. The number of likely N-dealkylation sites (tertiary alicyclic amines) is 1. The summed E-state index contributed by atoms with van der Waals surface area (Å²) in [6.45, 7) is 11.3. The Labute approximate surface area is 115 Å². The maximum absolute atomic E-state index is 2.71. The zero-order valence-electron chi connectivity index (χ0n) is 13.1. The molecule has 1 heterocycles. The van der Waals surface area contributed by atoms with Gasteiger partial charge in [0, 0.05) is 0 Å². The summed E-state index contributed by atoms with van der Waals surface area (Å²) >= 11 is 0. The first kappa shape index (κ1) is 16.0. The lowest BCUT2D eigenvalue weighted by molar-refractivity contribution is 0.162. The fourth-order valence-electron chi connectivity index (χ4n) is 3.39. The zero-order valence-corrected chi connectivity index (χ0v) is 13.1. The van der Waals surface area contributed by atoms with Crippen LogP contribution in [-0.4, -0.2) is 24.5 Å². The molecule has 0 aromatic rings. The van der Waals surface area contributed by atoms with Crippen molar-refractivity contribution in [2.75, 3.05) is 19.6 Å². The maximum Gasteiger partial charge on any atom is -0.00135 e. The molecule has 0 aromatic carbocycles. The van der Waals surface area contributed by atoms with Crippen molar-refractivity contribution in [2.24, 2.45) is 5.41 Å². The Hall–Kier alpha value is -0.0400. The van der Waals surface area contributed by atoms with Crippen LogP contribution in [0.5, 0.6) is 0 Å². The fourth-order valence-corrected chi connectivity index (χ4v) is 3.39. The number of nitrogens with zero attached hydrogens (tertiary/aromatic N) is 1. The lowest BCUT2D eigenvalue weighted by Crippen LogP contribution is -2.33. The van der Waals surface area contributed by atoms with Gasteiger partial charge in [0.1, 0.15) is 0 Å². The second-order valence-electron chi connectivity index (χ2n) is 6.67. The van der Waals surface area contributed by atoms with Gasteiger partial charge < -0.3 is 4.90 Å². The van der Waals surface area contributed by atoms with Crippen LogP contribution in [0.3, 0.4) is 0 Å². The summed E-state index contributed by atoms with van der Waals surface area (Å²) in [4.78, 5) is 2.71. The minimum Gasteiger partial charge on any atom is -0.303 e. The van der Waals surface area contributed by atoms with E-state index in [1.807, 2.05) is 0 Å². The molecule has 1 nitrogen and oxygen atoms in total. The highest BCUT2D eigenvalue weighted by Crippen LogP contribution is 2.34. The van der Waals surface area contributed by atoms with E-state index >= 15 is 0 Å². The van der Waals surface area contributed by atoms with Crippen molar-refractivity contribution in [1.82, 2.24) is 4.90 Å². The van der Waals surface area contributed by atoms with E-state index in [-0.39, 0.29) is 0 Å². The Bertz CT molecular complexity index is 196. The molecule has 0 aliphatic carbocycles. The van der Waals surface area contributed by atoms with Crippen LogP contribution in [0, 0.1) is 5.41 Å². The highest BCUT2D eigenvalue weighted by molar-refractivity contribution is 4.77. The van der Waals surface area contributed by atoms with Crippen LogP contribution < -0.4 is 0 Å². The van der Waals surface area contributed by atoms with Crippen LogP contribution in [0.2, 0.25) is 0 Å². The van der Waals surface area contributed by atoms with Crippen molar-refractivity contribution in [3.05, 3.63) is 0 Å². The number of hydrogen-bond acceptors (Lipinski definition) is 1. The van der Waals surface area contributed by atoms with Crippen molar-refractivity contribution in [3.63, 3.8) is 0 Å². The van der Waals surface area contributed by atoms with Gasteiger partial charge in [0.2, 0.25) is 0 Å². The first-order valence-corrected chi connectivity index (χ1v) is 8.42. The van der Waals surface area contributed by atoms with Crippen LogP contribution in [0.25, 0.3) is 0 Å². The molecule has 0 bridgehead atoms. The maximum atomic E-state index is 2.71. The first-order chi connectivity index (χ1) is 8.70. The van der Waals surface area contributed by atoms with Crippen LogP contribution in [0.4, 0.5) is 0 Å². The Morgan fingerprint density at radius 1 is 0.833 bits per heavy atom. The molecule has 0 amide bonds. The fraction of sp³-hybridized carbons (Fsp3) is 1.00. The third-order valence-electron chi connectivity index (χ3n) is 4.72. The van der Waals surface area contributed by atoms with E-state index in [0.29, 0.717) is 5.41 Å². The summed E-state index contributed by atoms with van der Waals surface area (Å²) in [7, 11) is 0. The zero-order chi connectivity index (χ0) is 13.3. The van der Waals surface area contributed by atoms with E-state index in [9.17, 15) is 0 Å². The van der Waals surface area contributed by atoms with Crippen molar-refractivity contribution in [2.45, 2.75) is 85.0 Å². The predicted molar refractivity (Wildman–Crippen MR) is 82.1 cm³/mol. The molecule has 0 N–H and O–H groups in total. The second-order valence-corrected chi connectivity index (χ2v) is 6.67. The molecule has 1 fully saturated rings. The van der Waals surface area contributed by atoms with Gasteiger partial charge in [-0.1, -0.05) is 52.9 Å². The Morgan fingerprint density at radius 2 is 1.56 bits per heavy atom. The number of rotatable bonds is 9. The van der Waals surface area contributed by atoms with Gasteiger partial charge in [0.15, 0.2) is 0 Å².